The molecule has 2 aromatic carbocycles. The lowest BCUT2D eigenvalue weighted by Crippen LogP contribution is -2.41. The van der Waals surface area contributed by atoms with E-state index in [4.69, 9.17) is 5.73 Å². The van der Waals surface area contributed by atoms with E-state index in [9.17, 15) is 9.59 Å². The van der Waals surface area contributed by atoms with Crippen LogP contribution in [-0.4, -0.2) is 41.4 Å². The smallest absolute Gasteiger partial charge is 0.262 e. The normalized spacial score (nSPS) is 13.7. The Hall–Kier alpha value is -2.50. The first-order valence-corrected chi connectivity index (χ1v) is 8.12. The fourth-order valence-electron chi connectivity index (χ4n) is 2.92. The molecule has 1 aliphatic heterocycles. The second-order valence-electron chi connectivity index (χ2n) is 5.91. The van der Waals surface area contributed by atoms with Gasteiger partial charge in [-0.3, -0.25) is 19.4 Å². The average molecular weight is 323 g/mol. The molecule has 0 bridgehead atoms. The summed E-state index contributed by atoms with van der Waals surface area (Å²) < 4.78 is 0. The molecule has 0 aliphatic carbocycles. The second-order valence-corrected chi connectivity index (χ2v) is 5.91. The minimum atomic E-state index is -0.221. The summed E-state index contributed by atoms with van der Waals surface area (Å²) in [6.07, 6.45) is 0.815. The van der Waals surface area contributed by atoms with Gasteiger partial charge in [0.25, 0.3) is 11.8 Å². The van der Waals surface area contributed by atoms with Gasteiger partial charge in [-0.1, -0.05) is 42.5 Å². The van der Waals surface area contributed by atoms with E-state index in [1.165, 1.54) is 4.90 Å². The van der Waals surface area contributed by atoms with Crippen molar-refractivity contribution in [1.82, 2.24) is 9.80 Å². The third kappa shape index (κ3) is 3.37. The first kappa shape index (κ1) is 16.4. The van der Waals surface area contributed by atoms with Gasteiger partial charge in [-0.2, -0.15) is 0 Å². The van der Waals surface area contributed by atoms with Gasteiger partial charge in [-0.05, 0) is 30.7 Å². The molecule has 2 amide bonds. The maximum absolute atomic E-state index is 12.5. The average Bonchev–Trinajstić information content (AvgIpc) is 2.86. The molecule has 24 heavy (non-hydrogen) atoms. The van der Waals surface area contributed by atoms with Gasteiger partial charge in [0.1, 0.15) is 0 Å². The number of fused-ring (bicyclic) bond motifs is 1. The number of rotatable bonds is 7. The topological polar surface area (TPSA) is 66.6 Å². The number of hydrogen-bond acceptors (Lipinski definition) is 4. The van der Waals surface area contributed by atoms with E-state index < -0.39 is 0 Å². The minimum absolute atomic E-state index is 0.221. The van der Waals surface area contributed by atoms with Crippen molar-refractivity contribution in [3.05, 3.63) is 71.3 Å². The van der Waals surface area contributed by atoms with E-state index in [1.54, 1.807) is 24.3 Å². The molecule has 0 saturated carbocycles. The molecular weight excluding hydrogens is 302 g/mol. The number of nitrogens with two attached hydrogens (primary N) is 1. The molecule has 2 N–H and O–H groups in total. The van der Waals surface area contributed by atoms with Crippen molar-refractivity contribution in [3.8, 4) is 0 Å². The lowest BCUT2D eigenvalue weighted by molar-refractivity contribution is 0.0531. The number of imide groups is 1. The molecule has 0 aromatic heterocycles. The summed E-state index contributed by atoms with van der Waals surface area (Å²) in [6, 6.07) is 17.0. The predicted molar refractivity (Wildman–Crippen MR) is 92.3 cm³/mol. The summed E-state index contributed by atoms with van der Waals surface area (Å²) in [4.78, 5) is 28.5. The van der Waals surface area contributed by atoms with Gasteiger partial charge < -0.3 is 5.73 Å². The first-order valence-electron chi connectivity index (χ1n) is 8.12. The van der Waals surface area contributed by atoms with Crippen LogP contribution in [0.3, 0.4) is 0 Å². The van der Waals surface area contributed by atoms with Gasteiger partial charge in [0.05, 0.1) is 17.8 Å². The zero-order valence-electron chi connectivity index (χ0n) is 13.5. The van der Waals surface area contributed by atoms with Crippen molar-refractivity contribution in [2.75, 3.05) is 19.8 Å². The molecule has 0 unspecified atom stereocenters. The van der Waals surface area contributed by atoms with Crippen molar-refractivity contribution in [2.45, 2.75) is 13.0 Å². The highest BCUT2D eigenvalue weighted by Gasteiger charge is 2.35. The van der Waals surface area contributed by atoms with Gasteiger partial charge in [0, 0.05) is 13.1 Å². The van der Waals surface area contributed by atoms with Gasteiger partial charge >= 0.3 is 0 Å². The maximum atomic E-state index is 12.5. The van der Waals surface area contributed by atoms with Crippen LogP contribution in [0.4, 0.5) is 0 Å². The number of nitrogens with zero attached hydrogens (tertiary/aromatic N) is 2. The number of benzene rings is 2. The lowest BCUT2D eigenvalue weighted by Gasteiger charge is -2.26. The molecule has 0 atom stereocenters. The molecule has 0 saturated heterocycles. The standard InChI is InChI=1S/C19H21N3O2/c20-11-6-12-21(13-15-7-2-1-3-8-15)14-22-18(23)16-9-4-5-10-17(16)19(22)24/h1-5,7-10H,6,11-14,20H2. The fraction of sp³-hybridized carbons (Fsp3) is 0.263. The Balaban J connectivity index is 1.75. The van der Waals surface area contributed by atoms with Gasteiger partial charge in [-0.25, -0.2) is 0 Å². The van der Waals surface area contributed by atoms with Crippen LogP contribution in [0.2, 0.25) is 0 Å². The Labute approximate surface area is 141 Å². The summed E-state index contributed by atoms with van der Waals surface area (Å²) in [7, 11) is 0. The van der Waals surface area contributed by atoms with E-state index in [0.717, 1.165) is 18.5 Å². The Kier molecular flexibility index (Phi) is 5.03. The van der Waals surface area contributed by atoms with Crippen LogP contribution in [0.15, 0.2) is 54.6 Å². The predicted octanol–water partition coefficient (Wildman–Crippen LogP) is 2.09. The largest absolute Gasteiger partial charge is 0.330 e. The number of hydrogen-bond donors (Lipinski definition) is 1. The summed E-state index contributed by atoms with van der Waals surface area (Å²) in [5.74, 6) is -0.442. The molecule has 0 radical (unpaired) electrons. The molecule has 2 aromatic rings. The van der Waals surface area contributed by atoms with E-state index in [-0.39, 0.29) is 18.5 Å². The third-order valence-corrected chi connectivity index (χ3v) is 4.15. The minimum Gasteiger partial charge on any atom is -0.330 e. The molecule has 1 aliphatic rings. The van der Waals surface area contributed by atoms with Crippen molar-refractivity contribution in [3.63, 3.8) is 0 Å². The summed E-state index contributed by atoms with van der Waals surface area (Å²) >= 11 is 0. The zero-order chi connectivity index (χ0) is 16.9. The molecular formula is C19H21N3O2. The lowest BCUT2D eigenvalue weighted by atomic mass is 10.1. The highest BCUT2D eigenvalue weighted by molar-refractivity contribution is 6.21. The molecule has 124 valence electrons. The molecule has 1 heterocycles. The first-order chi connectivity index (χ1) is 11.7. The molecule has 0 spiro atoms. The van der Waals surface area contributed by atoms with Crippen molar-refractivity contribution in [1.29, 1.82) is 0 Å². The van der Waals surface area contributed by atoms with Gasteiger partial charge in [0.15, 0.2) is 0 Å². The number of carbonyl (C=O) groups excluding carboxylic acids is 2. The Morgan fingerprint density at radius 2 is 1.46 bits per heavy atom. The number of carbonyl (C=O) groups is 2. The Morgan fingerprint density at radius 3 is 2.04 bits per heavy atom. The van der Waals surface area contributed by atoms with Crippen LogP contribution >= 0.6 is 0 Å². The van der Waals surface area contributed by atoms with Gasteiger partial charge in [0.2, 0.25) is 0 Å². The highest BCUT2D eigenvalue weighted by atomic mass is 16.2. The summed E-state index contributed by atoms with van der Waals surface area (Å²) in [5, 5.41) is 0. The van der Waals surface area contributed by atoms with E-state index in [1.807, 2.05) is 30.3 Å². The highest BCUT2D eigenvalue weighted by Crippen LogP contribution is 2.23. The van der Waals surface area contributed by atoms with Crippen molar-refractivity contribution >= 4 is 11.8 Å². The molecule has 5 nitrogen and oxygen atoms in total. The quantitative estimate of drug-likeness (QED) is 0.792. The monoisotopic (exact) mass is 323 g/mol. The summed E-state index contributed by atoms with van der Waals surface area (Å²) in [6.45, 7) is 2.27. The van der Waals surface area contributed by atoms with E-state index in [0.29, 0.717) is 24.2 Å². The Bertz CT molecular complexity index is 695. The SMILES string of the molecule is NCCCN(Cc1ccccc1)CN1C(=O)c2ccccc2C1=O. The zero-order valence-corrected chi connectivity index (χ0v) is 13.5. The second kappa shape index (κ2) is 7.38. The van der Waals surface area contributed by atoms with Crippen LogP contribution in [0.1, 0.15) is 32.7 Å². The maximum Gasteiger partial charge on any atom is 0.262 e. The van der Waals surface area contributed by atoms with E-state index >= 15 is 0 Å². The Morgan fingerprint density at radius 1 is 0.875 bits per heavy atom. The van der Waals surface area contributed by atoms with Crippen molar-refractivity contribution in [2.24, 2.45) is 5.73 Å². The van der Waals surface area contributed by atoms with Crippen molar-refractivity contribution < 1.29 is 9.59 Å². The van der Waals surface area contributed by atoms with E-state index in [2.05, 4.69) is 4.90 Å². The molecule has 0 fully saturated rings. The van der Waals surface area contributed by atoms with Crippen LogP contribution in [0, 0.1) is 0 Å². The van der Waals surface area contributed by atoms with Crippen LogP contribution in [-0.2, 0) is 6.54 Å². The summed E-state index contributed by atoms with van der Waals surface area (Å²) in [5.41, 5.74) is 7.75. The van der Waals surface area contributed by atoms with Gasteiger partial charge in [-0.15, -0.1) is 0 Å². The number of amides is 2. The van der Waals surface area contributed by atoms with Crippen LogP contribution < -0.4 is 5.73 Å². The molecule has 3 rings (SSSR count). The third-order valence-electron chi connectivity index (χ3n) is 4.15. The molecule has 5 heteroatoms. The van der Waals surface area contributed by atoms with Crippen LogP contribution in [0.25, 0.3) is 0 Å². The van der Waals surface area contributed by atoms with Crippen LogP contribution in [0.5, 0.6) is 0 Å². The fourth-order valence-corrected chi connectivity index (χ4v) is 2.92.